The van der Waals surface area contributed by atoms with E-state index in [2.05, 4.69) is 37.1 Å². The van der Waals surface area contributed by atoms with Crippen LogP contribution in [-0.2, 0) is 0 Å². The molecule has 0 rings (SSSR count). The summed E-state index contributed by atoms with van der Waals surface area (Å²) in [6.07, 6.45) is 18.8. The van der Waals surface area contributed by atoms with E-state index in [0.717, 1.165) is 4.48 Å². The summed E-state index contributed by atoms with van der Waals surface area (Å²) in [6, 6.07) is 0. The van der Waals surface area contributed by atoms with Crippen molar-refractivity contribution in [3.05, 3.63) is 0 Å². The van der Waals surface area contributed by atoms with Crippen LogP contribution in [0, 0.1) is 0 Å². The molecule has 2 heteroatoms. The van der Waals surface area contributed by atoms with Crippen LogP contribution in [0.3, 0.4) is 0 Å². The molecule has 0 spiro atoms. The topological polar surface area (TPSA) is 0 Å². The lowest BCUT2D eigenvalue weighted by Crippen LogP contribution is -2.35. The number of quaternary nitrogens is 1. The van der Waals surface area contributed by atoms with Gasteiger partial charge < -0.3 is 4.48 Å². The predicted molar refractivity (Wildman–Crippen MR) is 96.7 cm³/mol. The van der Waals surface area contributed by atoms with Gasteiger partial charge in [0.05, 0.1) is 27.7 Å². The molecular formula is C18H39BrN+. The SMILES string of the molecule is C[N+](C)(C)CCCCCCCCCCCCCCCBr. The second-order valence-electron chi connectivity index (χ2n) is 7.30. The van der Waals surface area contributed by atoms with Crippen molar-refractivity contribution in [2.75, 3.05) is 33.0 Å². The molecule has 0 aliphatic heterocycles. The smallest absolute Gasteiger partial charge is 0.0780 e. The van der Waals surface area contributed by atoms with Crippen molar-refractivity contribution in [2.45, 2.75) is 83.5 Å². The highest BCUT2D eigenvalue weighted by molar-refractivity contribution is 9.09. The number of hydrogen-bond donors (Lipinski definition) is 0. The Hall–Kier alpha value is 0.440. The Morgan fingerprint density at radius 2 is 0.800 bits per heavy atom. The number of rotatable bonds is 15. The highest BCUT2D eigenvalue weighted by Gasteiger charge is 2.04. The molecule has 0 N–H and O–H groups in total. The Labute approximate surface area is 137 Å². The highest BCUT2D eigenvalue weighted by atomic mass is 79.9. The van der Waals surface area contributed by atoms with Crippen LogP contribution in [0.15, 0.2) is 0 Å². The molecule has 0 saturated heterocycles. The van der Waals surface area contributed by atoms with Gasteiger partial charge >= 0.3 is 0 Å². The molecule has 0 atom stereocenters. The maximum atomic E-state index is 3.49. The maximum absolute atomic E-state index is 3.49. The van der Waals surface area contributed by atoms with Gasteiger partial charge in [0.15, 0.2) is 0 Å². The highest BCUT2D eigenvalue weighted by Crippen LogP contribution is 2.13. The number of hydrogen-bond acceptors (Lipinski definition) is 0. The van der Waals surface area contributed by atoms with E-state index < -0.39 is 0 Å². The van der Waals surface area contributed by atoms with E-state index in [9.17, 15) is 0 Å². The predicted octanol–water partition coefficient (Wildman–Crippen LogP) is 6.16. The third kappa shape index (κ3) is 18.4. The van der Waals surface area contributed by atoms with Gasteiger partial charge in [-0.1, -0.05) is 80.1 Å². The minimum Gasteiger partial charge on any atom is -0.331 e. The van der Waals surface area contributed by atoms with Gasteiger partial charge in [-0.15, -0.1) is 0 Å². The van der Waals surface area contributed by atoms with Crippen molar-refractivity contribution in [3.8, 4) is 0 Å². The quantitative estimate of drug-likeness (QED) is 0.189. The number of halogens is 1. The van der Waals surface area contributed by atoms with Crippen LogP contribution in [0.5, 0.6) is 0 Å². The number of alkyl halides is 1. The van der Waals surface area contributed by atoms with Crippen LogP contribution < -0.4 is 0 Å². The Morgan fingerprint density at radius 3 is 1.10 bits per heavy atom. The van der Waals surface area contributed by atoms with Crippen LogP contribution in [0.25, 0.3) is 0 Å². The third-order valence-electron chi connectivity index (χ3n) is 3.96. The monoisotopic (exact) mass is 348 g/mol. The van der Waals surface area contributed by atoms with E-state index in [1.807, 2.05) is 0 Å². The Morgan fingerprint density at radius 1 is 0.500 bits per heavy atom. The molecule has 0 aliphatic rings. The van der Waals surface area contributed by atoms with E-state index in [1.165, 1.54) is 95.3 Å². The van der Waals surface area contributed by atoms with Crippen molar-refractivity contribution >= 4 is 15.9 Å². The fourth-order valence-electron chi connectivity index (χ4n) is 2.63. The normalized spacial score (nSPS) is 12.0. The first-order chi connectivity index (χ1) is 9.56. The van der Waals surface area contributed by atoms with E-state index in [-0.39, 0.29) is 0 Å². The summed E-state index contributed by atoms with van der Waals surface area (Å²) >= 11 is 3.49. The van der Waals surface area contributed by atoms with Gasteiger partial charge in [0.2, 0.25) is 0 Å². The average Bonchev–Trinajstić information content (AvgIpc) is 2.38. The van der Waals surface area contributed by atoms with Gasteiger partial charge in [-0.3, -0.25) is 0 Å². The van der Waals surface area contributed by atoms with Gasteiger partial charge in [0.25, 0.3) is 0 Å². The van der Waals surface area contributed by atoms with Crippen LogP contribution in [-0.4, -0.2) is 37.5 Å². The zero-order valence-corrected chi connectivity index (χ0v) is 16.0. The van der Waals surface area contributed by atoms with Crippen LogP contribution >= 0.6 is 15.9 Å². The summed E-state index contributed by atoms with van der Waals surface area (Å²) in [4.78, 5) is 0. The van der Waals surface area contributed by atoms with Crippen molar-refractivity contribution in [1.82, 2.24) is 0 Å². The van der Waals surface area contributed by atoms with Crippen molar-refractivity contribution in [1.29, 1.82) is 0 Å². The molecule has 0 saturated carbocycles. The first-order valence-corrected chi connectivity index (χ1v) is 10.0. The molecule has 0 bridgehead atoms. The summed E-state index contributed by atoms with van der Waals surface area (Å²) < 4.78 is 1.12. The largest absolute Gasteiger partial charge is 0.331 e. The maximum Gasteiger partial charge on any atom is 0.0780 e. The van der Waals surface area contributed by atoms with Crippen LogP contribution in [0.4, 0.5) is 0 Å². The van der Waals surface area contributed by atoms with Gasteiger partial charge in [-0.25, -0.2) is 0 Å². The lowest BCUT2D eigenvalue weighted by atomic mass is 10.0. The Kier molecular flexibility index (Phi) is 14.7. The standard InChI is InChI=1S/C18H39BrN/c1-20(2,3)18-16-14-12-10-8-6-4-5-7-9-11-13-15-17-19/h4-18H2,1-3H3/q+1. The molecule has 0 unspecified atom stereocenters. The lowest BCUT2D eigenvalue weighted by Gasteiger charge is -2.23. The molecule has 0 aromatic carbocycles. The first-order valence-electron chi connectivity index (χ1n) is 8.93. The molecule has 0 aliphatic carbocycles. The second-order valence-corrected chi connectivity index (χ2v) is 8.09. The molecule has 0 amide bonds. The zero-order valence-electron chi connectivity index (χ0n) is 14.4. The summed E-state index contributed by atoms with van der Waals surface area (Å²) in [7, 11) is 6.87. The summed E-state index contributed by atoms with van der Waals surface area (Å²) in [6.45, 7) is 1.33. The van der Waals surface area contributed by atoms with Crippen molar-refractivity contribution < 1.29 is 4.48 Å². The van der Waals surface area contributed by atoms with Crippen LogP contribution in [0.1, 0.15) is 83.5 Å². The van der Waals surface area contributed by atoms with E-state index in [0.29, 0.717) is 0 Å². The molecule has 0 aromatic heterocycles. The molecule has 0 aromatic rings. The van der Waals surface area contributed by atoms with E-state index in [1.54, 1.807) is 0 Å². The van der Waals surface area contributed by atoms with Crippen molar-refractivity contribution in [3.63, 3.8) is 0 Å². The fraction of sp³-hybridized carbons (Fsp3) is 1.00. The summed E-state index contributed by atoms with van der Waals surface area (Å²) in [5, 5.41) is 1.18. The van der Waals surface area contributed by atoms with Gasteiger partial charge in [0.1, 0.15) is 0 Å². The molecule has 122 valence electrons. The molecule has 20 heavy (non-hydrogen) atoms. The Balaban J connectivity index is 2.99. The van der Waals surface area contributed by atoms with E-state index >= 15 is 0 Å². The minimum atomic E-state index is 1.12. The van der Waals surface area contributed by atoms with Gasteiger partial charge in [0, 0.05) is 5.33 Å². The van der Waals surface area contributed by atoms with Gasteiger partial charge in [-0.05, 0) is 19.3 Å². The molecule has 0 radical (unpaired) electrons. The third-order valence-corrected chi connectivity index (χ3v) is 4.52. The fourth-order valence-corrected chi connectivity index (χ4v) is 3.02. The molecule has 0 fully saturated rings. The van der Waals surface area contributed by atoms with Crippen LogP contribution in [0.2, 0.25) is 0 Å². The summed E-state index contributed by atoms with van der Waals surface area (Å²) in [5.74, 6) is 0. The van der Waals surface area contributed by atoms with Crippen molar-refractivity contribution in [2.24, 2.45) is 0 Å². The molecule has 0 heterocycles. The first kappa shape index (κ1) is 20.4. The Bertz CT molecular complexity index is 186. The zero-order chi connectivity index (χ0) is 15.1. The molecular weight excluding hydrogens is 310 g/mol. The van der Waals surface area contributed by atoms with E-state index in [4.69, 9.17) is 0 Å². The minimum absolute atomic E-state index is 1.12. The average molecular weight is 349 g/mol. The van der Waals surface area contributed by atoms with Gasteiger partial charge in [-0.2, -0.15) is 0 Å². The second kappa shape index (κ2) is 14.4. The number of nitrogens with zero attached hydrogens (tertiary/aromatic N) is 1. The number of unbranched alkanes of at least 4 members (excludes halogenated alkanes) is 12. The molecule has 1 nitrogen and oxygen atoms in total. The lowest BCUT2D eigenvalue weighted by molar-refractivity contribution is -0.870. The summed E-state index contributed by atoms with van der Waals surface area (Å²) in [5.41, 5.74) is 0.